The predicted octanol–water partition coefficient (Wildman–Crippen LogP) is 1.92. The van der Waals surface area contributed by atoms with Crippen LogP contribution in [0, 0.1) is 0 Å². The van der Waals surface area contributed by atoms with E-state index >= 15 is 0 Å². The maximum absolute atomic E-state index is 11.3. The molecule has 0 atom stereocenters. The minimum Gasteiger partial charge on any atom is -0.506 e. The van der Waals surface area contributed by atoms with Gasteiger partial charge < -0.3 is 5.11 Å². The molecule has 0 radical (unpaired) electrons. The molecule has 2 rings (SSSR count). The van der Waals surface area contributed by atoms with Crippen molar-refractivity contribution < 1.29 is 18.1 Å². The van der Waals surface area contributed by atoms with Crippen molar-refractivity contribution in [3.8, 4) is 5.75 Å². The van der Waals surface area contributed by atoms with Crippen LogP contribution in [0.3, 0.4) is 0 Å². The standard InChI is InChI=1S/C12H11NO4S/c1-2-3-8-6-9-11(18(15,16)17)5-4-10(14)12(9)13-7-8/h2,4-7,14H,1,3H2,(H,15,16,17). The molecule has 94 valence electrons. The van der Waals surface area contributed by atoms with Crippen molar-refractivity contribution in [2.75, 3.05) is 0 Å². The molecule has 1 heterocycles. The van der Waals surface area contributed by atoms with Gasteiger partial charge in [-0.1, -0.05) is 6.08 Å². The summed E-state index contributed by atoms with van der Waals surface area (Å²) in [7, 11) is -4.35. The third-order valence-corrected chi connectivity index (χ3v) is 3.41. The van der Waals surface area contributed by atoms with E-state index < -0.39 is 10.1 Å². The minimum absolute atomic E-state index is 0.137. The molecule has 0 amide bonds. The molecule has 1 aromatic heterocycles. The van der Waals surface area contributed by atoms with Gasteiger partial charge in [-0.3, -0.25) is 9.54 Å². The Morgan fingerprint density at radius 2 is 2.11 bits per heavy atom. The number of hydrogen-bond donors (Lipinski definition) is 2. The Bertz CT molecular complexity index is 722. The highest BCUT2D eigenvalue weighted by Gasteiger charge is 2.16. The zero-order valence-electron chi connectivity index (χ0n) is 9.37. The van der Waals surface area contributed by atoms with Crippen molar-refractivity contribution in [1.29, 1.82) is 0 Å². The Kier molecular flexibility index (Phi) is 3.06. The summed E-state index contributed by atoms with van der Waals surface area (Å²) < 4.78 is 31.6. The number of phenols is 1. The van der Waals surface area contributed by atoms with Gasteiger partial charge in [0.15, 0.2) is 0 Å². The lowest BCUT2D eigenvalue weighted by Crippen LogP contribution is -2.00. The van der Waals surface area contributed by atoms with Gasteiger partial charge in [0.1, 0.15) is 16.2 Å². The third kappa shape index (κ3) is 2.20. The number of aromatic hydroxyl groups is 1. The second-order valence-electron chi connectivity index (χ2n) is 3.79. The fourth-order valence-corrected chi connectivity index (χ4v) is 2.40. The smallest absolute Gasteiger partial charge is 0.295 e. The van der Waals surface area contributed by atoms with E-state index in [4.69, 9.17) is 4.55 Å². The third-order valence-electron chi connectivity index (χ3n) is 2.50. The highest BCUT2D eigenvalue weighted by atomic mass is 32.2. The van der Waals surface area contributed by atoms with Crippen LogP contribution in [0.2, 0.25) is 0 Å². The topological polar surface area (TPSA) is 87.5 Å². The molecular weight excluding hydrogens is 254 g/mol. The molecule has 0 saturated carbocycles. The van der Waals surface area contributed by atoms with Crippen LogP contribution >= 0.6 is 0 Å². The first-order valence-corrected chi connectivity index (χ1v) is 6.56. The van der Waals surface area contributed by atoms with E-state index in [1.54, 1.807) is 12.1 Å². The van der Waals surface area contributed by atoms with Crippen LogP contribution in [0.4, 0.5) is 0 Å². The predicted molar refractivity (Wildman–Crippen MR) is 67.1 cm³/mol. The summed E-state index contributed by atoms with van der Waals surface area (Å²) >= 11 is 0. The first kappa shape index (κ1) is 12.5. The molecule has 0 fully saturated rings. The first-order chi connectivity index (χ1) is 8.43. The molecule has 6 heteroatoms. The summed E-state index contributed by atoms with van der Waals surface area (Å²) in [5.74, 6) is -0.137. The van der Waals surface area contributed by atoms with Crippen molar-refractivity contribution >= 4 is 21.0 Å². The molecule has 0 saturated heterocycles. The summed E-state index contributed by atoms with van der Waals surface area (Å²) in [5, 5.41) is 9.81. The normalized spacial score (nSPS) is 11.6. The lowest BCUT2D eigenvalue weighted by atomic mass is 10.1. The second kappa shape index (κ2) is 4.40. The van der Waals surface area contributed by atoms with Gasteiger partial charge in [-0.25, -0.2) is 0 Å². The van der Waals surface area contributed by atoms with Gasteiger partial charge in [-0.2, -0.15) is 8.42 Å². The van der Waals surface area contributed by atoms with Crippen LogP contribution in [-0.2, 0) is 16.5 Å². The summed E-state index contributed by atoms with van der Waals surface area (Å²) in [4.78, 5) is 3.73. The van der Waals surface area contributed by atoms with E-state index in [2.05, 4.69) is 11.6 Å². The highest BCUT2D eigenvalue weighted by Crippen LogP contribution is 2.29. The molecule has 0 bridgehead atoms. The second-order valence-corrected chi connectivity index (χ2v) is 5.18. The van der Waals surface area contributed by atoms with Gasteiger partial charge in [0.25, 0.3) is 10.1 Å². The van der Waals surface area contributed by atoms with Gasteiger partial charge in [0, 0.05) is 11.6 Å². The van der Waals surface area contributed by atoms with Gasteiger partial charge >= 0.3 is 0 Å². The fraction of sp³-hybridized carbons (Fsp3) is 0.0833. The largest absolute Gasteiger partial charge is 0.506 e. The van der Waals surface area contributed by atoms with Crippen molar-refractivity contribution in [2.45, 2.75) is 11.3 Å². The number of nitrogens with zero attached hydrogens (tertiary/aromatic N) is 1. The summed E-state index contributed by atoms with van der Waals surface area (Å²) in [6.45, 7) is 3.58. The quantitative estimate of drug-likeness (QED) is 0.654. The lowest BCUT2D eigenvalue weighted by Gasteiger charge is -2.06. The van der Waals surface area contributed by atoms with Crippen LogP contribution in [0.25, 0.3) is 10.9 Å². The van der Waals surface area contributed by atoms with Crippen LogP contribution < -0.4 is 0 Å². The van der Waals surface area contributed by atoms with Crippen LogP contribution in [0.5, 0.6) is 5.75 Å². The Hall–Kier alpha value is -1.92. The molecule has 0 spiro atoms. The molecular formula is C12H11NO4S. The molecule has 0 aliphatic heterocycles. The van der Waals surface area contributed by atoms with Crippen molar-refractivity contribution in [2.24, 2.45) is 0 Å². The van der Waals surface area contributed by atoms with Crippen LogP contribution in [0.15, 0.2) is 41.9 Å². The van der Waals surface area contributed by atoms with Gasteiger partial charge in [-0.15, -0.1) is 6.58 Å². The maximum atomic E-state index is 11.3. The Labute approximate surface area is 104 Å². The van der Waals surface area contributed by atoms with E-state index in [1.807, 2.05) is 0 Å². The minimum atomic E-state index is -4.35. The van der Waals surface area contributed by atoms with E-state index in [0.717, 1.165) is 11.6 Å². The Balaban J connectivity index is 2.84. The molecule has 2 N–H and O–H groups in total. The van der Waals surface area contributed by atoms with Gasteiger partial charge in [-0.05, 0) is 30.2 Å². The monoisotopic (exact) mass is 265 g/mol. The zero-order chi connectivity index (χ0) is 13.3. The molecule has 0 aliphatic rings. The van der Waals surface area contributed by atoms with E-state index in [1.165, 1.54) is 12.3 Å². The number of pyridine rings is 1. The van der Waals surface area contributed by atoms with Gasteiger partial charge in [0.05, 0.1) is 0 Å². The molecule has 18 heavy (non-hydrogen) atoms. The summed E-state index contributed by atoms with van der Waals surface area (Å²) in [6.07, 6.45) is 3.69. The number of aromatic nitrogens is 1. The van der Waals surface area contributed by atoms with Crippen LogP contribution in [0.1, 0.15) is 5.56 Å². The fourth-order valence-electron chi connectivity index (χ4n) is 1.73. The Morgan fingerprint density at radius 1 is 1.39 bits per heavy atom. The van der Waals surface area contributed by atoms with Crippen molar-refractivity contribution in [1.82, 2.24) is 4.98 Å². The average Bonchev–Trinajstić information content (AvgIpc) is 2.28. The van der Waals surface area contributed by atoms with E-state index in [-0.39, 0.29) is 21.5 Å². The summed E-state index contributed by atoms with van der Waals surface area (Å²) in [6, 6.07) is 3.89. The van der Waals surface area contributed by atoms with Crippen molar-refractivity contribution in [3.05, 3.63) is 42.6 Å². The zero-order valence-corrected chi connectivity index (χ0v) is 10.2. The Morgan fingerprint density at radius 3 is 2.72 bits per heavy atom. The molecule has 0 unspecified atom stereocenters. The van der Waals surface area contributed by atoms with Crippen molar-refractivity contribution in [3.63, 3.8) is 0 Å². The number of rotatable bonds is 3. The first-order valence-electron chi connectivity index (χ1n) is 5.12. The SMILES string of the molecule is C=CCc1cnc2c(O)ccc(S(=O)(=O)O)c2c1. The summed E-state index contributed by atoms with van der Waals surface area (Å²) in [5.41, 5.74) is 0.880. The number of hydrogen-bond acceptors (Lipinski definition) is 4. The number of phenolic OH excluding ortho intramolecular Hbond substituents is 1. The average molecular weight is 265 g/mol. The number of fused-ring (bicyclic) bond motifs is 1. The van der Waals surface area contributed by atoms with E-state index in [9.17, 15) is 13.5 Å². The number of allylic oxidation sites excluding steroid dienone is 1. The molecule has 2 aromatic rings. The molecule has 5 nitrogen and oxygen atoms in total. The molecule has 1 aromatic carbocycles. The maximum Gasteiger partial charge on any atom is 0.295 e. The molecule has 0 aliphatic carbocycles. The van der Waals surface area contributed by atoms with Crippen LogP contribution in [-0.4, -0.2) is 23.1 Å². The van der Waals surface area contributed by atoms with Gasteiger partial charge in [0.2, 0.25) is 0 Å². The number of benzene rings is 1. The lowest BCUT2D eigenvalue weighted by molar-refractivity contribution is 0.478. The highest BCUT2D eigenvalue weighted by molar-refractivity contribution is 7.86. The van der Waals surface area contributed by atoms with E-state index in [0.29, 0.717) is 6.42 Å².